The highest BCUT2D eigenvalue weighted by Crippen LogP contribution is 2.15. The van der Waals surface area contributed by atoms with Gasteiger partial charge in [-0.3, -0.25) is 9.79 Å². The number of nitrogens with one attached hydrogen (secondary N) is 1. The first kappa shape index (κ1) is 23.7. The van der Waals surface area contributed by atoms with Crippen LogP contribution in [0.4, 0.5) is 0 Å². The molecule has 2 aromatic carbocycles. The molecule has 1 aliphatic heterocycles. The molecule has 1 amide bonds. The molecule has 0 atom stereocenters. The molecule has 1 N–H and O–H groups in total. The third kappa shape index (κ3) is 6.99. The summed E-state index contributed by atoms with van der Waals surface area (Å²) in [6, 6.07) is 16.8. The van der Waals surface area contributed by atoms with Gasteiger partial charge in [0.2, 0.25) is 5.91 Å². The largest absolute Gasteiger partial charge is 0.352 e. The van der Waals surface area contributed by atoms with E-state index in [0.717, 1.165) is 29.9 Å². The maximum atomic E-state index is 11.8. The summed E-state index contributed by atoms with van der Waals surface area (Å²) in [6.07, 6.45) is 1.67. The minimum absolute atomic E-state index is 0. The second-order valence-corrected chi connectivity index (χ2v) is 8.03. The van der Waals surface area contributed by atoms with E-state index in [-0.39, 0.29) is 29.9 Å². The predicted molar refractivity (Wildman–Crippen MR) is 132 cm³/mol. The van der Waals surface area contributed by atoms with Crippen LogP contribution in [0.2, 0.25) is 0 Å². The van der Waals surface area contributed by atoms with Crippen LogP contribution >= 0.6 is 39.9 Å². The molecule has 1 heterocycles. The number of carbonyl (C=O) groups excluding carboxylic acids is 1. The van der Waals surface area contributed by atoms with Gasteiger partial charge in [-0.15, -0.1) is 24.0 Å². The number of amides is 1. The van der Waals surface area contributed by atoms with Gasteiger partial charge in [-0.25, -0.2) is 0 Å². The number of halogens is 2. The third-order valence-corrected chi connectivity index (χ3v) is 5.45. The van der Waals surface area contributed by atoms with Gasteiger partial charge in [0, 0.05) is 51.2 Å². The van der Waals surface area contributed by atoms with Gasteiger partial charge in [0.15, 0.2) is 5.96 Å². The maximum Gasteiger partial charge on any atom is 0.222 e. The zero-order chi connectivity index (χ0) is 19.9. The number of likely N-dealkylation sites (tertiary alicyclic amines) is 1. The normalized spacial score (nSPS) is 14.0. The smallest absolute Gasteiger partial charge is 0.222 e. The van der Waals surface area contributed by atoms with Crippen molar-refractivity contribution >= 4 is 51.8 Å². The molecule has 2 aromatic rings. The molecule has 0 bridgehead atoms. The Kier molecular flexibility index (Phi) is 9.42. The SMILES string of the molecule is CN=C(NCc1ccc(CN2CCCC2=O)cc1)N(C)Cc1ccc(Br)cc1.I. The van der Waals surface area contributed by atoms with Crippen molar-refractivity contribution in [2.75, 3.05) is 20.6 Å². The van der Waals surface area contributed by atoms with Crippen LogP contribution in [0.25, 0.3) is 0 Å². The number of aliphatic imine (C=N–C) groups is 1. The number of nitrogens with zero attached hydrogens (tertiary/aromatic N) is 3. The molecule has 1 aliphatic rings. The number of guanidine groups is 1. The quantitative estimate of drug-likeness (QED) is 0.318. The molecule has 0 aliphatic carbocycles. The summed E-state index contributed by atoms with van der Waals surface area (Å²) in [5, 5.41) is 3.42. The molecule has 156 valence electrons. The number of carbonyl (C=O) groups is 1. The highest BCUT2D eigenvalue weighted by atomic mass is 127. The first-order valence-electron chi connectivity index (χ1n) is 9.57. The fourth-order valence-corrected chi connectivity index (χ4v) is 3.62. The molecule has 1 saturated heterocycles. The van der Waals surface area contributed by atoms with E-state index in [1.165, 1.54) is 16.7 Å². The van der Waals surface area contributed by atoms with E-state index in [1.807, 2.05) is 11.9 Å². The van der Waals surface area contributed by atoms with Crippen LogP contribution < -0.4 is 5.32 Å². The average Bonchev–Trinajstić information content (AvgIpc) is 3.10. The third-order valence-electron chi connectivity index (χ3n) is 4.92. The molecule has 5 nitrogen and oxygen atoms in total. The molecular weight excluding hydrogens is 543 g/mol. The second-order valence-electron chi connectivity index (χ2n) is 7.12. The minimum atomic E-state index is 0. The van der Waals surface area contributed by atoms with Crippen molar-refractivity contribution in [1.82, 2.24) is 15.1 Å². The zero-order valence-electron chi connectivity index (χ0n) is 16.9. The highest BCUT2D eigenvalue weighted by molar-refractivity contribution is 14.0. The van der Waals surface area contributed by atoms with Crippen molar-refractivity contribution < 1.29 is 4.79 Å². The fraction of sp³-hybridized carbons (Fsp3) is 0.364. The van der Waals surface area contributed by atoms with Gasteiger partial charge in [0.05, 0.1) is 0 Å². The average molecular weight is 571 g/mol. The van der Waals surface area contributed by atoms with E-state index in [4.69, 9.17) is 0 Å². The van der Waals surface area contributed by atoms with Crippen molar-refractivity contribution in [2.24, 2.45) is 4.99 Å². The Hall–Kier alpha value is -1.61. The number of hydrogen-bond acceptors (Lipinski definition) is 2. The van der Waals surface area contributed by atoms with E-state index < -0.39 is 0 Å². The van der Waals surface area contributed by atoms with Gasteiger partial charge in [-0.05, 0) is 35.2 Å². The standard InChI is InChI=1S/C22H27BrN4O.HI/c1-24-22(26(2)15-18-9-11-20(23)12-10-18)25-14-17-5-7-19(8-6-17)16-27-13-3-4-21(27)28;/h5-12H,3-4,13-16H2,1-2H3,(H,24,25);1H. The summed E-state index contributed by atoms with van der Waals surface area (Å²) in [5.74, 6) is 1.12. The van der Waals surface area contributed by atoms with Crippen LogP contribution in [0.3, 0.4) is 0 Å². The van der Waals surface area contributed by atoms with Crippen molar-refractivity contribution in [3.05, 3.63) is 69.7 Å². The van der Waals surface area contributed by atoms with Crippen LogP contribution in [0.5, 0.6) is 0 Å². The Balaban J connectivity index is 0.00000300. The molecule has 7 heteroatoms. The molecule has 0 radical (unpaired) electrons. The molecular formula is C22H28BrIN4O. The Morgan fingerprint density at radius 2 is 1.72 bits per heavy atom. The summed E-state index contributed by atoms with van der Waals surface area (Å²) in [5.41, 5.74) is 3.60. The van der Waals surface area contributed by atoms with Gasteiger partial charge < -0.3 is 15.1 Å². The summed E-state index contributed by atoms with van der Waals surface area (Å²) < 4.78 is 1.08. The lowest BCUT2D eigenvalue weighted by Crippen LogP contribution is -2.38. The second kappa shape index (κ2) is 11.5. The zero-order valence-corrected chi connectivity index (χ0v) is 20.8. The highest BCUT2D eigenvalue weighted by Gasteiger charge is 2.19. The number of benzene rings is 2. The monoisotopic (exact) mass is 570 g/mol. The van der Waals surface area contributed by atoms with Gasteiger partial charge in [0.1, 0.15) is 0 Å². The summed E-state index contributed by atoms with van der Waals surface area (Å²) in [7, 11) is 3.84. The number of hydrogen-bond donors (Lipinski definition) is 1. The Morgan fingerprint density at radius 3 is 2.31 bits per heavy atom. The molecule has 3 rings (SSSR count). The van der Waals surface area contributed by atoms with Crippen molar-refractivity contribution in [2.45, 2.75) is 32.5 Å². The molecule has 0 unspecified atom stereocenters. The van der Waals surface area contributed by atoms with Gasteiger partial charge in [-0.2, -0.15) is 0 Å². The van der Waals surface area contributed by atoms with E-state index in [2.05, 4.69) is 79.7 Å². The summed E-state index contributed by atoms with van der Waals surface area (Å²) >= 11 is 3.47. The lowest BCUT2D eigenvalue weighted by molar-refractivity contribution is -0.128. The van der Waals surface area contributed by atoms with E-state index >= 15 is 0 Å². The summed E-state index contributed by atoms with van der Waals surface area (Å²) in [4.78, 5) is 20.2. The Labute approximate surface area is 198 Å². The molecule has 0 spiro atoms. The van der Waals surface area contributed by atoms with Crippen molar-refractivity contribution in [1.29, 1.82) is 0 Å². The van der Waals surface area contributed by atoms with Crippen molar-refractivity contribution in [3.8, 4) is 0 Å². The van der Waals surface area contributed by atoms with Crippen LogP contribution in [0.15, 0.2) is 58.0 Å². The topological polar surface area (TPSA) is 47.9 Å². The minimum Gasteiger partial charge on any atom is -0.352 e. The molecule has 0 aromatic heterocycles. The molecule has 29 heavy (non-hydrogen) atoms. The van der Waals surface area contributed by atoms with E-state index in [9.17, 15) is 4.79 Å². The van der Waals surface area contributed by atoms with E-state index in [1.54, 1.807) is 7.05 Å². The van der Waals surface area contributed by atoms with Gasteiger partial charge in [-0.1, -0.05) is 52.3 Å². The first-order valence-corrected chi connectivity index (χ1v) is 10.4. The lowest BCUT2D eigenvalue weighted by Gasteiger charge is -2.22. The Morgan fingerprint density at radius 1 is 1.10 bits per heavy atom. The maximum absolute atomic E-state index is 11.8. The van der Waals surface area contributed by atoms with E-state index in [0.29, 0.717) is 19.5 Å². The van der Waals surface area contributed by atoms with Crippen LogP contribution in [0.1, 0.15) is 29.5 Å². The van der Waals surface area contributed by atoms with Crippen LogP contribution in [0, 0.1) is 0 Å². The predicted octanol–water partition coefficient (Wildman–Crippen LogP) is 4.40. The Bertz CT molecular complexity index is 824. The molecule has 1 fully saturated rings. The summed E-state index contributed by atoms with van der Waals surface area (Å²) in [6.45, 7) is 3.09. The van der Waals surface area contributed by atoms with Crippen LogP contribution in [-0.4, -0.2) is 42.3 Å². The molecule has 0 saturated carbocycles. The van der Waals surface area contributed by atoms with Gasteiger partial charge in [0.25, 0.3) is 0 Å². The van der Waals surface area contributed by atoms with Gasteiger partial charge >= 0.3 is 0 Å². The lowest BCUT2D eigenvalue weighted by atomic mass is 10.1. The first-order chi connectivity index (χ1) is 13.5. The van der Waals surface area contributed by atoms with Crippen LogP contribution in [-0.2, 0) is 24.4 Å². The van der Waals surface area contributed by atoms with Crippen molar-refractivity contribution in [3.63, 3.8) is 0 Å². The fourth-order valence-electron chi connectivity index (χ4n) is 3.36. The number of rotatable bonds is 6.